The van der Waals surface area contributed by atoms with Gasteiger partial charge in [0.25, 0.3) is 0 Å². The standard InChI is InChI=1S/C12H22O10/c1-3-10(7(16)8(17)11(19)20-3)22-12-9(18)6(15)5(14)4(2-13)21-12/h3-19H,2H2,1H3/t3-,4+,5-,6-,7-,8+,9+,10-,11?,12-/m0/s1. The maximum Gasteiger partial charge on any atom is 0.187 e. The number of aliphatic hydroxyl groups is 7. The first kappa shape index (κ1) is 17.9. The van der Waals surface area contributed by atoms with Gasteiger partial charge in [0.1, 0.15) is 42.7 Å². The molecule has 130 valence electrons. The van der Waals surface area contributed by atoms with E-state index in [1.807, 2.05) is 0 Å². The molecule has 0 bridgehead atoms. The summed E-state index contributed by atoms with van der Waals surface area (Å²) in [5.41, 5.74) is 0. The Labute approximate surface area is 126 Å². The molecule has 2 heterocycles. The monoisotopic (exact) mass is 326 g/mol. The van der Waals surface area contributed by atoms with Gasteiger partial charge in [-0.25, -0.2) is 0 Å². The van der Waals surface area contributed by atoms with Gasteiger partial charge in [-0.3, -0.25) is 0 Å². The molecule has 2 saturated heterocycles. The Bertz CT molecular complexity index is 366. The molecule has 0 spiro atoms. The van der Waals surface area contributed by atoms with Gasteiger partial charge in [0, 0.05) is 0 Å². The number of rotatable bonds is 3. The van der Waals surface area contributed by atoms with E-state index in [0.717, 1.165) is 0 Å². The van der Waals surface area contributed by atoms with Crippen molar-refractivity contribution in [3.63, 3.8) is 0 Å². The Kier molecular flexibility index (Phi) is 5.72. The summed E-state index contributed by atoms with van der Waals surface area (Å²) in [6, 6.07) is 0. The van der Waals surface area contributed by atoms with Crippen LogP contribution in [0, 0.1) is 0 Å². The smallest absolute Gasteiger partial charge is 0.187 e. The largest absolute Gasteiger partial charge is 0.394 e. The van der Waals surface area contributed by atoms with Crippen LogP contribution in [0.25, 0.3) is 0 Å². The van der Waals surface area contributed by atoms with E-state index in [1.165, 1.54) is 6.92 Å². The quantitative estimate of drug-likeness (QED) is 0.269. The first-order valence-corrected chi connectivity index (χ1v) is 6.93. The predicted molar refractivity (Wildman–Crippen MR) is 67.2 cm³/mol. The van der Waals surface area contributed by atoms with Gasteiger partial charge >= 0.3 is 0 Å². The van der Waals surface area contributed by atoms with E-state index >= 15 is 0 Å². The maximum absolute atomic E-state index is 9.92. The molecule has 1 unspecified atom stereocenters. The molecular formula is C12H22O10. The molecule has 0 saturated carbocycles. The zero-order valence-electron chi connectivity index (χ0n) is 11.8. The summed E-state index contributed by atoms with van der Waals surface area (Å²) in [7, 11) is 0. The highest BCUT2D eigenvalue weighted by molar-refractivity contribution is 4.92. The molecule has 10 atom stereocenters. The minimum absolute atomic E-state index is 0.620. The lowest BCUT2D eigenvalue weighted by molar-refractivity contribution is -0.351. The molecule has 2 aliphatic heterocycles. The summed E-state index contributed by atoms with van der Waals surface area (Å²) in [6.07, 6.45) is -14.2. The third-order valence-electron chi connectivity index (χ3n) is 3.94. The van der Waals surface area contributed by atoms with Crippen molar-refractivity contribution < 1.29 is 50.0 Å². The summed E-state index contributed by atoms with van der Waals surface area (Å²) >= 11 is 0. The topological polar surface area (TPSA) is 169 Å². The van der Waals surface area contributed by atoms with Crippen LogP contribution in [0.2, 0.25) is 0 Å². The Balaban J connectivity index is 2.08. The predicted octanol–water partition coefficient (Wildman–Crippen LogP) is -4.37. The van der Waals surface area contributed by atoms with Crippen molar-refractivity contribution in [2.75, 3.05) is 6.61 Å². The summed E-state index contributed by atoms with van der Waals surface area (Å²) in [5.74, 6) is 0. The van der Waals surface area contributed by atoms with Gasteiger partial charge in [0.05, 0.1) is 12.7 Å². The highest BCUT2D eigenvalue weighted by Crippen LogP contribution is 2.28. The van der Waals surface area contributed by atoms with Crippen LogP contribution in [-0.4, -0.2) is 104 Å². The van der Waals surface area contributed by atoms with Gasteiger partial charge in [-0.1, -0.05) is 0 Å². The van der Waals surface area contributed by atoms with E-state index in [0.29, 0.717) is 0 Å². The molecule has 10 heteroatoms. The van der Waals surface area contributed by atoms with Gasteiger partial charge in [-0.2, -0.15) is 0 Å². The average molecular weight is 326 g/mol. The fraction of sp³-hybridized carbons (Fsp3) is 1.00. The van der Waals surface area contributed by atoms with E-state index < -0.39 is 68.0 Å². The van der Waals surface area contributed by atoms with Gasteiger partial charge in [-0.05, 0) is 6.92 Å². The van der Waals surface area contributed by atoms with Crippen LogP contribution in [-0.2, 0) is 14.2 Å². The van der Waals surface area contributed by atoms with Crippen LogP contribution in [0.1, 0.15) is 6.92 Å². The van der Waals surface area contributed by atoms with Crippen molar-refractivity contribution in [3.05, 3.63) is 0 Å². The Morgan fingerprint density at radius 1 is 0.818 bits per heavy atom. The van der Waals surface area contributed by atoms with Crippen molar-refractivity contribution in [2.45, 2.75) is 68.3 Å². The summed E-state index contributed by atoms with van der Waals surface area (Å²) < 4.78 is 15.5. The fourth-order valence-electron chi connectivity index (χ4n) is 2.54. The SMILES string of the molecule is C[C@@H]1OC(O)[C@H](O)[C@H](O)[C@H]1O[C@@H]1O[C@H](CO)[C@H](O)[C@H](O)[C@H]1O. The van der Waals surface area contributed by atoms with Crippen LogP contribution in [0.5, 0.6) is 0 Å². The highest BCUT2D eigenvalue weighted by atomic mass is 16.7. The van der Waals surface area contributed by atoms with Gasteiger partial charge < -0.3 is 50.0 Å². The van der Waals surface area contributed by atoms with E-state index in [9.17, 15) is 30.6 Å². The highest BCUT2D eigenvalue weighted by Gasteiger charge is 2.49. The number of hydrogen-bond acceptors (Lipinski definition) is 10. The van der Waals surface area contributed by atoms with Gasteiger partial charge in [0.15, 0.2) is 12.6 Å². The summed E-state index contributed by atoms with van der Waals surface area (Å²) in [6.45, 7) is 0.846. The lowest BCUT2D eigenvalue weighted by atomic mass is 9.97. The minimum atomic E-state index is -1.64. The molecule has 0 aromatic heterocycles. The van der Waals surface area contributed by atoms with Crippen molar-refractivity contribution in [2.24, 2.45) is 0 Å². The van der Waals surface area contributed by atoms with Crippen LogP contribution < -0.4 is 0 Å². The normalized spacial score (nSPS) is 53.5. The Hall–Kier alpha value is -0.400. The molecule has 0 aromatic rings. The summed E-state index contributed by atoms with van der Waals surface area (Å²) in [5, 5.41) is 67.2. The molecule has 0 aromatic carbocycles. The minimum Gasteiger partial charge on any atom is -0.394 e. The van der Waals surface area contributed by atoms with Crippen LogP contribution >= 0.6 is 0 Å². The first-order chi connectivity index (χ1) is 10.3. The summed E-state index contributed by atoms with van der Waals surface area (Å²) in [4.78, 5) is 0. The molecule has 2 fully saturated rings. The molecular weight excluding hydrogens is 304 g/mol. The Morgan fingerprint density at radius 3 is 2.05 bits per heavy atom. The number of ether oxygens (including phenoxy) is 3. The Morgan fingerprint density at radius 2 is 1.45 bits per heavy atom. The van der Waals surface area contributed by atoms with Crippen LogP contribution in [0.3, 0.4) is 0 Å². The van der Waals surface area contributed by atoms with Crippen molar-refractivity contribution in [1.29, 1.82) is 0 Å². The van der Waals surface area contributed by atoms with E-state index in [4.69, 9.17) is 19.3 Å². The molecule has 22 heavy (non-hydrogen) atoms. The zero-order chi connectivity index (χ0) is 16.6. The molecule has 0 amide bonds. The van der Waals surface area contributed by atoms with E-state index in [1.54, 1.807) is 0 Å². The third kappa shape index (κ3) is 3.26. The second-order valence-corrected chi connectivity index (χ2v) is 5.51. The van der Waals surface area contributed by atoms with Crippen molar-refractivity contribution >= 4 is 0 Å². The van der Waals surface area contributed by atoms with Crippen LogP contribution in [0.4, 0.5) is 0 Å². The maximum atomic E-state index is 9.92. The van der Waals surface area contributed by atoms with Crippen LogP contribution in [0.15, 0.2) is 0 Å². The first-order valence-electron chi connectivity index (χ1n) is 6.93. The number of hydrogen-bond donors (Lipinski definition) is 7. The lowest BCUT2D eigenvalue weighted by Crippen LogP contribution is -2.63. The van der Waals surface area contributed by atoms with E-state index in [2.05, 4.69) is 0 Å². The molecule has 0 aliphatic carbocycles. The third-order valence-corrected chi connectivity index (χ3v) is 3.94. The van der Waals surface area contributed by atoms with E-state index in [-0.39, 0.29) is 0 Å². The average Bonchev–Trinajstić information content (AvgIpc) is 2.49. The fourth-order valence-corrected chi connectivity index (χ4v) is 2.54. The second-order valence-electron chi connectivity index (χ2n) is 5.51. The molecule has 0 radical (unpaired) electrons. The van der Waals surface area contributed by atoms with Gasteiger partial charge in [0.2, 0.25) is 0 Å². The van der Waals surface area contributed by atoms with Crippen molar-refractivity contribution in [3.8, 4) is 0 Å². The van der Waals surface area contributed by atoms with Gasteiger partial charge in [-0.15, -0.1) is 0 Å². The zero-order valence-corrected chi connectivity index (χ0v) is 11.8. The van der Waals surface area contributed by atoms with Crippen molar-refractivity contribution in [1.82, 2.24) is 0 Å². The number of aliphatic hydroxyl groups excluding tert-OH is 7. The second kappa shape index (κ2) is 7.01. The molecule has 10 nitrogen and oxygen atoms in total. The molecule has 2 aliphatic rings. The molecule has 7 N–H and O–H groups in total. The molecule has 2 rings (SSSR count). The lowest BCUT2D eigenvalue weighted by Gasteiger charge is -2.44.